The van der Waals surface area contributed by atoms with Crippen LogP contribution in [0.3, 0.4) is 0 Å². The fraction of sp³-hybridized carbons (Fsp3) is 0.111. The van der Waals surface area contributed by atoms with Crippen LogP contribution in [0.15, 0.2) is 18.2 Å². The maximum absolute atomic E-state index is 11.3. The zero-order valence-corrected chi connectivity index (χ0v) is 7.91. The molecule has 1 aliphatic heterocycles. The molecule has 0 radical (unpaired) electrons. The Bertz CT molecular complexity index is 604. The number of nitrogens with zero attached hydrogens (tertiary/aromatic N) is 3. The van der Waals surface area contributed by atoms with E-state index in [0.717, 1.165) is 4.85 Å². The molecule has 0 fully saturated rings. The van der Waals surface area contributed by atoms with Gasteiger partial charge in [0, 0.05) is 0 Å². The first-order chi connectivity index (χ1) is 7.74. The number of hydrogen-bond acceptors (Lipinski definition) is 6. The van der Waals surface area contributed by atoms with Crippen molar-refractivity contribution in [3.63, 3.8) is 0 Å². The lowest BCUT2D eigenvalue weighted by atomic mass is 10.3. The molecule has 0 atom stereocenters. The summed E-state index contributed by atoms with van der Waals surface area (Å²) in [6.07, 6.45) is -0.454. The zero-order valence-electron chi connectivity index (χ0n) is 7.91. The Morgan fingerprint density at radius 1 is 1.25 bits per heavy atom. The van der Waals surface area contributed by atoms with Crippen LogP contribution in [0.2, 0.25) is 0 Å². The molecule has 2 heterocycles. The lowest BCUT2D eigenvalue weighted by molar-refractivity contribution is -0.151. The van der Waals surface area contributed by atoms with Crippen LogP contribution in [0.1, 0.15) is 6.42 Å². The van der Waals surface area contributed by atoms with Crippen LogP contribution in [-0.2, 0) is 9.59 Å². The van der Waals surface area contributed by atoms with Gasteiger partial charge in [-0.05, 0) is 17.3 Å². The number of ether oxygens (including phenoxy) is 1. The Morgan fingerprint density at radius 3 is 3.00 bits per heavy atom. The molecule has 4 bridgehead atoms. The number of aromatic nitrogens is 3. The van der Waals surface area contributed by atoms with Crippen LogP contribution in [0.5, 0.6) is 5.75 Å². The first-order valence-corrected chi connectivity index (χ1v) is 4.50. The average molecular weight is 219 g/mol. The molecule has 0 aliphatic carbocycles. The van der Waals surface area contributed by atoms with Gasteiger partial charge in [0.1, 0.15) is 11.9 Å². The molecule has 7 nitrogen and oxygen atoms in total. The molecule has 1 aromatic carbocycles. The maximum Gasteiger partial charge on any atom is 0.346 e. The summed E-state index contributed by atoms with van der Waals surface area (Å²) in [5.41, 5.74) is 0.853. The highest BCUT2D eigenvalue weighted by Gasteiger charge is 2.21. The van der Waals surface area contributed by atoms with Crippen molar-refractivity contribution in [3.8, 4) is 5.75 Å². The highest BCUT2D eigenvalue weighted by Crippen LogP contribution is 2.23. The Hall–Kier alpha value is -2.44. The second kappa shape index (κ2) is 3.02. The second-order valence-electron chi connectivity index (χ2n) is 3.20. The van der Waals surface area contributed by atoms with Crippen LogP contribution in [-0.4, -0.2) is 27.1 Å². The molecular weight excluding hydrogens is 214 g/mol. The molecule has 7 heteroatoms. The summed E-state index contributed by atoms with van der Waals surface area (Å²) in [6, 6.07) is 4.89. The average Bonchev–Trinajstić information content (AvgIpc) is 2.62. The van der Waals surface area contributed by atoms with Crippen LogP contribution in [0.4, 0.5) is 0 Å². The van der Waals surface area contributed by atoms with Crippen LogP contribution in [0.25, 0.3) is 11.0 Å². The summed E-state index contributed by atoms with van der Waals surface area (Å²) in [5.74, 6) is -1.14. The van der Waals surface area contributed by atoms with Crippen LogP contribution < -0.4 is 9.57 Å². The minimum Gasteiger partial charge on any atom is -0.424 e. The number of benzene rings is 1. The fourth-order valence-corrected chi connectivity index (χ4v) is 1.45. The molecule has 1 aliphatic rings. The van der Waals surface area contributed by atoms with Crippen molar-refractivity contribution >= 4 is 23.0 Å². The molecule has 1 aromatic heterocycles. The van der Waals surface area contributed by atoms with E-state index in [1.807, 2.05) is 0 Å². The van der Waals surface area contributed by atoms with Gasteiger partial charge in [-0.15, -0.1) is 5.10 Å². The Kier molecular flexibility index (Phi) is 1.67. The smallest absolute Gasteiger partial charge is 0.346 e. The highest BCUT2D eigenvalue weighted by molar-refractivity contribution is 5.95. The zero-order chi connectivity index (χ0) is 11.1. The lowest BCUT2D eigenvalue weighted by Crippen LogP contribution is -2.24. The summed E-state index contributed by atoms with van der Waals surface area (Å²) in [6.45, 7) is 0. The van der Waals surface area contributed by atoms with Crippen molar-refractivity contribution in [3.05, 3.63) is 18.2 Å². The predicted molar refractivity (Wildman–Crippen MR) is 49.4 cm³/mol. The van der Waals surface area contributed by atoms with Gasteiger partial charge in [0.2, 0.25) is 0 Å². The summed E-state index contributed by atoms with van der Waals surface area (Å²) >= 11 is 0. The van der Waals surface area contributed by atoms with Gasteiger partial charge >= 0.3 is 11.9 Å². The quantitative estimate of drug-likeness (QED) is 0.262. The number of esters is 1. The Labute approximate surface area is 88.5 Å². The van der Waals surface area contributed by atoms with E-state index in [-0.39, 0.29) is 5.75 Å². The highest BCUT2D eigenvalue weighted by atomic mass is 16.7. The Morgan fingerprint density at radius 2 is 2.12 bits per heavy atom. The molecule has 3 rings (SSSR count). The molecule has 0 saturated heterocycles. The van der Waals surface area contributed by atoms with Gasteiger partial charge in [0.05, 0.1) is 0 Å². The largest absolute Gasteiger partial charge is 0.424 e. The van der Waals surface area contributed by atoms with E-state index in [1.54, 1.807) is 18.2 Å². The number of rotatable bonds is 0. The van der Waals surface area contributed by atoms with Gasteiger partial charge in [-0.1, -0.05) is 10.9 Å². The molecular formula is C9H5N3O4. The third-order valence-electron chi connectivity index (χ3n) is 2.11. The molecule has 16 heavy (non-hydrogen) atoms. The number of carbonyl (C=O) groups is 2. The topological polar surface area (TPSA) is 83.3 Å². The van der Waals surface area contributed by atoms with Gasteiger partial charge in [-0.25, -0.2) is 4.79 Å². The summed E-state index contributed by atoms with van der Waals surface area (Å²) in [5, 5.41) is 7.40. The van der Waals surface area contributed by atoms with Crippen LogP contribution >= 0.6 is 0 Å². The van der Waals surface area contributed by atoms with Gasteiger partial charge < -0.3 is 9.57 Å². The van der Waals surface area contributed by atoms with E-state index in [0.29, 0.717) is 11.0 Å². The minimum absolute atomic E-state index is 0.270. The van der Waals surface area contributed by atoms with E-state index in [9.17, 15) is 9.59 Å². The lowest BCUT2D eigenvalue weighted by Gasteiger charge is -2.01. The van der Waals surface area contributed by atoms with Crippen molar-refractivity contribution in [2.45, 2.75) is 6.42 Å². The van der Waals surface area contributed by atoms with Crippen LogP contribution in [0, 0.1) is 0 Å². The first-order valence-electron chi connectivity index (χ1n) is 4.50. The molecule has 0 saturated carbocycles. The van der Waals surface area contributed by atoms with E-state index < -0.39 is 18.4 Å². The number of hydrogen-bond donors (Lipinski definition) is 0. The maximum atomic E-state index is 11.3. The second-order valence-corrected chi connectivity index (χ2v) is 3.20. The first kappa shape index (κ1) is 8.84. The standard InChI is InChI=1S/C9H5N3O4/c13-7-4-8(14)16-12-5-2-1-3-6(15-7)9(5)10-11-12/h1-3H,4H2. The van der Waals surface area contributed by atoms with Gasteiger partial charge in [-0.2, -0.15) is 0 Å². The van der Waals surface area contributed by atoms with Crippen molar-refractivity contribution in [2.75, 3.05) is 0 Å². The van der Waals surface area contributed by atoms with Crippen molar-refractivity contribution in [1.29, 1.82) is 0 Å². The predicted octanol–water partition coefficient (Wildman–Crippen LogP) is -0.304. The molecule has 2 aromatic rings. The summed E-state index contributed by atoms with van der Waals surface area (Å²) in [4.78, 5) is 28.3. The number of carbonyl (C=O) groups excluding carboxylic acids is 2. The van der Waals surface area contributed by atoms with E-state index in [1.165, 1.54) is 0 Å². The summed E-state index contributed by atoms with van der Waals surface area (Å²) in [7, 11) is 0. The van der Waals surface area contributed by atoms with E-state index in [2.05, 4.69) is 10.3 Å². The van der Waals surface area contributed by atoms with Crippen molar-refractivity contribution in [2.24, 2.45) is 0 Å². The minimum atomic E-state index is -0.737. The van der Waals surface area contributed by atoms with Gasteiger partial charge in [0.15, 0.2) is 11.3 Å². The van der Waals surface area contributed by atoms with Crippen molar-refractivity contribution in [1.82, 2.24) is 15.2 Å². The third kappa shape index (κ3) is 1.22. The monoisotopic (exact) mass is 219 g/mol. The SMILES string of the molecule is O=C1CC(=O)On2nnc3c(cccc32)O1. The molecule has 0 N–H and O–H groups in total. The molecule has 0 amide bonds. The molecule has 0 unspecified atom stereocenters. The van der Waals surface area contributed by atoms with E-state index >= 15 is 0 Å². The molecule has 0 spiro atoms. The summed E-state index contributed by atoms with van der Waals surface area (Å²) < 4.78 is 4.97. The normalized spacial score (nSPS) is 15.2. The van der Waals surface area contributed by atoms with Gasteiger partial charge in [0.25, 0.3) is 0 Å². The van der Waals surface area contributed by atoms with E-state index in [4.69, 9.17) is 9.57 Å². The third-order valence-corrected chi connectivity index (χ3v) is 2.11. The molecule has 80 valence electrons. The Balaban J connectivity index is 2.28. The van der Waals surface area contributed by atoms with Gasteiger partial charge in [-0.3, -0.25) is 4.79 Å². The fourth-order valence-electron chi connectivity index (χ4n) is 1.45. The van der Waals surface area contributed by atoms with Crippen molar-refractivity contribution < 1.29 is 19.2 Å².